The molecule has 1 aliphatic heterocycles. The standard InChI is InChI=1S/C14H16N4O.ClH/c19-14(13-7-4-8-15-13)17-11-9-16-18(10-11)12-5-2-1-3-6-12;/h1-3,5-6,9-10,13,15H,4,7-8H2,(H,17,19);1H. The molecule has 2 aromatic rings. The number of carbonyl (C=O) groups excluding carboxylic acids is 1. The molecule has 0 spiro atoms. The molecule has 0 aliphatic carbocycles. The lowest BCUT2D eigenvalue weighted by atomic mass is 10.2. The molecule has 3 rings (SSSR count). The number of rotatable bonds is 3. The van der Waals surface area contributed by atoms with Crippen LogP contribution in [0.2, 0.25) is 0 Å². The van der Waals surface area contributed by atoms with Gasteiger partial charge in [0, 0.05) is 0 Å². The highest BCUT2D eigenvalue weighted by atomic mass is 35.5. The van der Waals surface area contributed by atoms with Crippen LogP contribution in [0.4, 0.5) is 5.69 Å². The van der Waals surface area contributed by atoms with Crippen molar-refractivity contribution >= 4 is 24.0 Å². The number of para-hydroxylation sites is 1. The van der Waals surface area contributed by atoms with Gasteiger partial charge in [0.1, 0.15) is 0 Å². The number of nitrogens with one attached hydrogen (secondary N) is 2. The van der Waals surface area contributed by atoms with Gasteiger partial charge in [0.05, 0.1) is 29.8 Å². The van der Waals surface area contributed by atoms with Crippen LogP contribution in [-0.4, -0.2) is 28.3 Å². The molecule has 0 radical (unpaired) electrons. The lowest BCUT2D eigenvalue weighted by Crippen LogP contribution is -2.35. The SMILES string of the molecule is Cl.O=C(Nc1cnn(-c2ccccc2)c1)C1CCCN1. The van der Waals surface area contributed by atoms with Gasteiger partial charge in [-0.1, -0.05) is 18.2 Å². The van der Waals surface area contributed by atoms with Crippen molar-refractivity contribution in [1.29, 1.82) is 0 Å². The summed E-state index contributed by atoms with van der Waals surface area (Å²) in [5.41, 5.74) is 1.70. The van der Waals surface area contributed by atoms with Crippen LogP contribution < -0.4 is 10.6 Å². The van der Waals surface area contributed by atoms with Crippen LogP contribution in [-0.2, 0) is 4.79 Å². The molecule has 20 heavy (non-hydrogen) atoms. The van der Waals surface area contributed by atoms with E-state index in [1.54, 1.807) is 10.9 Å². The average molecular weight is 293 g/mol. The molecule has 2 N–H and O–H groups in total. The predicted molar refractivity (Wildman–Crippen MR) is 80.5 cm³/mol. The maximum atomic E-state index is 11.9. The Morgan fingerprint density at radius 3 is 2.85 bits per heavy atom. The van der Waals surface area contributed by atoms with E-state index in [0.29, 0.717) is 0 Å². The number of aromatic nitrogens is 2. The fourth-order valence-electron chi connectivity index (χ4n) is 2.25. The third-order valence-electron chi connectivity index (χ3n) is 3.25. The van der Waals surface area contributed by atoms with Gasteiger partial charge >= 0.3 is 0 Å². The van der Waals surface area contributed by atoms with E-state index in [1.165, 1.54) is 0 Å². The van der Waals surface area contributed by atoms with Gasteiger partial charge in [-0.2, -0.15) is 5.10 Å². The number of amides is 1. The number of benzene rings is 1. The van der Waals surface area contributed by atoms with Gasteiger partial charge in [-0.05, 0) is 31.5 Å². The van der Waals surface area contributed by atoms with Gasteiger partial charge in [0.15, 0.2) is 0 Å². The Kier molecular flexibility index (Phi) is 4.76. The molecule has 1 amide bonds. The van der Waals surface area contributed by atoms with E-state index in [4.69, 9.17) is 0 Å². The molecule has 1 aliphatic rings. The summed E-state index contributed by atoms with van der Waals surface area (Å²) in [6, 6.07) is 9.74. The van der Waals surface area contributed by atoms with Crippen molar-refractivity contribution < 1.29 is 4.79 Å². The second-order valence-corrected chi connectivity index (χ2v) is 4.65. The minimum atomic E-state index is -0.0694. The molecule has 2 heterocycles. The number of hydrogen-bond donors (Lipinski definition) is 2. The first-order valence-corrected chi connectivity index (χ1v) is 6.47. The number of anilines is 1. The van der Waals surface area contributed by atoms with E-state index in [1.807, 2.05) is 36.5 Å². The molecule has 5 nitrogen and oxygen atoms in total. The monoisotopic (exact) mass is 292 g/mol. The summed E-state index contributed by atoms with van der Waals surface area (Å²) in [5.74, 6) is 0.0186. The van der Waals surface area contributed by atoms with Gasteiger partial charge in [0.25, 0.3) is 0 Å². The van der Waals surface area contributed by atoms with Crippen LogP contribution >= 0.6 is 12.4 Å². The van der Waals surface area contributed by atoms with Crippen molar-refractivity contribution in [2.75, 3.05) is 11.9 Å². The molecular weight excluding hydrogens is 276 g/mol. The second-order valence-electron chi connectivity index (χ2n) is 4.65. The molecule has 1 atom stereocenters. The van der Waals surface area contributed by atoms with Gasteiger partial charge in [-0.3, -0.25) is 4.79 Å². The summed E-state index contributed by atoms with van der Waals surface area (Å²) >= 11 is 0. The highest BCUT2D eigenvalue weighted by Crippen LogP contribution is 2.13. The fraction of sp³-hybridized carbons (Fsp3) is 0.286. The third-order valence-corrected chi connectivity index (χ3v) is 3.25. The third kappa shape index (κ3) is 3.18. The summed E-state index contributed by atoms with van der Waals surface area (Å²) in [6.45, 7) is 0.918. The first kappa shape index (κ1) is 14.6. The Morgan fingerprint density at radius 1 is 1.35 bits per heavy atom. The summed E-state index contributed by atoms with van der Waals surface area (Å²) in [5, 5.41) is 10.3. The first-order chi connectivity index (χ1) is 9.33. The molecule has 0 saturated carbocycles. The van der Waals surface area contributed by atoms with Gasteiger partial charge < -0.3 is 10.6 Å². The van der Waals surface area contributed by atoms with Crippen molar-refractivity contribution in [3.05, 3.63) is 42.7 Å². The average Bonchev–Trinajstić information content (AvgIpc) is 3.11. The van der Waals surface area contributed by atoms with Crippen LogP contribution in [0.3, 0.4) is 0 Å². The van der Waals surface area contributed by atoms with Crippen LogP contribution in [0, 0.1) is 0 Å². The van der Waals surface area contributed by atoms with Crippen molar-refractivity contribution in [1.82, 2.24) is 15.1 Å². The molecule has 0 bridgehead atoms. The van der Waals surface area contributed by atoms with E-state index in [9.17, 15) is 4.79 Å². The normalized spacial score (nSPS) is 17.5. The quantitative estimate of drug-likeness (QED) is 0.909. The Balaban J connectivity index is 0.00000147. The Morgan fingerprint density at radius 2 is 2.15 bits per heavy atom. The lowest BCUT2D eigenvalue weighted by Gasteiger charge is -2.08. The molecule has 6 heteroatoms. The van der Waals surface area contributed by atoms with Gasteiger partial charge in [-0.15, -0.1) is 12.4 Å². The smallest absolute Gasteiger partial charge is 0.241 e. The van der Waals surface area contributed by atoms with E-state index < -0.39 is 0 Å². The zero-order valence-corrected chi connectivity index (χ0v) is 11.8. The highest BCUT2D eigenvalue weighted by molar-refractivity contribution is 5.94. The molecule has 1 saturated heterocycles. The van der Waals surface area contributed by atoms with Crippen molar-refractivity contribution in [2.45, 2.75) is 18.9 Å². The van der Waals surface area contributed by atoms with Crippen LogP contribution in [0.1, 0.15) is 12.8 Å². The topological polar surface area (TPSA) is 59.0 Å². The van der Waals surface area contributed by atoms with Crippen LogP contribution in [0.25, 0.3) is 5.69 Å². The van der Waals surface area contributed by atoms with Crippen molar-refractivity contribution in [3.63, 3.8) is 0 Å². The largest absolute Gasteiger partial charge is 0.322 e. The highest BCUT2D eigenvalue weighted by Gasteiger charge is 2.22. The Bertz CT molecular complexity index is 564. The molecule has 1 fully saturated rings. The molecule has 1 unspecified atom stereocenters. The fourth-order valence-corrected chi connectivity index (χ4v) is 2.25. The van der Waals surface area contributed by atoms with Crippen LogP contribution in [0.15, 0.2) is 42.7 Å². The minimum absolute atomic E-state index is 0. The Hall–Kier alpha value is -1.85. The number of nitrogens with zero attached hydrogens (tertiary/aromatic N) is 2. The number of halogens is 1. The molecule has 1 aromatic carbocycles. The molecule has 1 aromatic heterocycles. The number of hydrogen-bond acceptors (Lipinski definition) is 3. The summed E-state index contributed by atoms with van der Waals surface area (Å²) in [7, 11) is 0. The molecule has 106 valence electrons. The maximum absolute atomic E-state index is 11.9. The number of carbonyl (C=O) groups is 1. The minimum Gasteiger partial charge on any atom is -0.322 e. The Labute approximate surface area is 123 Å². The van der Waals surface area contributed by atoms with Crippen molar-refractivity contribution in [2.24, 2.45) is 0 Å². The van der Waals surface area contributed by atoms with Gasteiger partial charge in [0.2, 0.25) is 5.91 Å². The van der Waals surface area contributed by atoms with E-state index >= 15 is 0 Å². The zero-order valence-electron chi connectivity index (χ0n) is 11.0. The second kappa shape index (κ2) is 6.54. The first-order valence-electron chi connectivity index (χ1n) is 6.47. The van der Waals surface area contributed by atoms with Crippen LogP contribution in [0.5, 0.6) is 0 Å². The maximum Gasteiger partial charge on any atom is 0.241 e. The zero-order chi connectivity index (χ0) is 13.1. The van der Waals surface area contributed by atoms with Gasteiger partial charge in [-0.25, -0.2) is 4.68 Å². The predicted octanol–water partition coefficient (Wildman–Crippen LogP) is 1.98. The van der Waals surface area contributed by atoms with E-state index in [2.05, 4.69) is 15.7 Å². The summed E-state index contributed by atoms with van der Waals surface area (Å²) in [6.07, 6.45) is 5.45. The summed E-state index contributed by atoms with van der Waals surface area (Å²) < 4.78 is 1.75. The van der Waals surface area contributed by atoms with E-state index in [-0.39, 0.29) is 24.4 Å². The lowest BCUT2D eigenvalue weighted by molar-refractivity contribution is -0.117. The van der Waals surface area contributed by atoms with Crippen molar-refractivity contribution in [3.8, 4) is 5.69 Å². The summed E-state index contributed by atoms with van der Waals surface area (Å²) in [4.78, 5) is 11.9. The van der Waals surface area contributed by atoms with E-state index in [0.717, 1.165) is 30.8 Å². The molecular formula is C14H17ClN4O.